The third-order valence-corrected chi connectivity index (χ3v) is 2.75. The van der Waals surface area contributed by atoms with Crippen LogP contribution in [0.3, 0.4) is 0 Å². The predicted octanol–water partition coefficient (Wildman–Crippen LogP) is 2.14. The number of carboxylic acid groups (broad SMARTS) is 1. The highest BCUT2D eigenvalue weighted by Gasteiger charge is 2.17. The van der Waals surface area contributed by atoms with Gasteiger partial charge < -0.3 is 9.84 Å². The number of aromatic nitrogens is 2. The summed E-state index contributed by atoms with van der Waals surface area (Å²) in [6.45, 7) is 1.90. The van der Waals surface area contributed by atoms with Gasteiger partial charge in [0.2, 0.25) is 0 Å². The lowest BCUT2D eigenvalue weighted by Crippen LogP contribution is -2.06. The topological polar surface area (TPSA) is 64.3 Å². The Hall–Kier alpha value is -2.30. The zero-order chi connectivity index (χ0) is 13.1. The van der Waals surface area contributed by atoms with E-state index in [9.17, 15) is 4.79 Å². The summed E-state index contributed by atoms with van der Waals surface area (Å²) < 4.78 is 6.87. The number of ether oxygens (including phenoxy) is 1. The number of carboxylic acids is 1. The number of aromatic carboxylic acids is 1. The van der Waals surface area contributed by atoms with Gasteiger partial charge in [0.1, 0.15) is 17.0 Å². The summed E-state index contributed by atoms with van der Waals surface area (Å²) in [6.07, 6.45) is 1.95. The van der Waals surface area contributed by atoms with Crippen LogP contribution < -0.4 is 4.74 Å². The van der Waals surface area contributed by atoms with Crippen molar-refractivity contribution in [3.8, 4) is 11.4 Å². The molecule has 0 aliphatic heterocycles. The second-order valence-electron chi connectivity index (χ2n) is 3.75. The molecule has 0 atom stereocenters. The van der Waals surface area contributed by atoms with Crippen LogP contribution in [0.4, 0.5) is 0 Å². The van der Waals surface area contributed by atoms with Crippen molar-refractivity contribution in [3.05, 3.63) is 41.7 Å². The Bertz CT molecular complexity index is 575. The zero-order valence-corrected chi connectivity index (χ0v) is 10.3. The summed E-state index contributed by atoms with van der Waals surface area (Å²) in [4.78, 5) is 11.1. The van der Waals surface area contributed by atoms with Gasteiger partial charge >= 0.3 is 5.97 Å². The molecule has 94 valence electrons. The molecular weight excluding hydrogens is 232 g/mol. The third-order valence-electron chi connectivity index (χ3n) is 2.75. The first kappa shape index (κ1) is 12.2. The van der Waals surface area contributed by atoms with Gasteiger partial charge in [0.25, 0.3) is 0 Å². The molecule has 1 aromatic heterocycles. The molecule has 1 heterocycles. The average Bonchev–Trinajstić information content (AvgIpc) is 2.82. The van der Waals surface area contributed by atoms with Crippen LogP contribution >= 0.6 is 0 Å². The highest BCUT2D eigenvalue weighted by molar-refractivity contribution is 5.88. The molecule has 0 spiro atoms. The van der Waals surface area contributed by atoms with Crippen molar-refractivity contribution < 1.29 is 14.6 Å². The maximum absolute atomic E-state index is 11.1. The summed E-state index contributed by atoms with van der Waals surface area (Å²) in [5.41, 5.74) is 1.62. The second kappa shape index (κ2) is 4.91. The molecule has 0 unspecified atom stereocenters. The van der Waals surface area contributed by atoms with E-state index in [1.165, 1.54) is 6.20 Å². The van der Waals surface area contributed by atoms with Gasteiger partial charge in [0.15, 0.2) is 0 Å². The fourth-order valence-corrected chi connectivity index (χ4v) is 1.90. The Labute approximate surface area is 105 Å². The first-order valence-corrected chi connectivity index (χ1v) is 5.62. The van der Waals surface area contributed by atoms with Crippen molar-refractivity contribution in [2.75, 3.05) is 7.11 Å². The fraction of sp³-hybridized carbons (Fsp3) is 0.231. The van der Waals surface area contributed by atoms with Crippen LogP contribution in [0.2, 0.25) is 0 Å². The van der Waals surface area contributed by atoms with E-state index in [2.05, 4.69) is 5.10 Å². The van der Waals surface area contributed by atoms with Gasteiger partial charge in [-0.25, -0.2) is 9.48 Å². The van der Waals surface area contributed by atoms with E-state index in [0.29, 0.717) is 17.9 Å². The number of methoxy groups -OCH3 is 1. The van der Waals surface area contributed by atoms with Crippen LogP contribution in [0.25, 0.3) is 5.69 Å². The number of carbonyl (C=O) groups is 1. The molecule has 0 saturated heterocycles. The Morgan fingerprint density at radius 1 is 1.44 bits per heavy atom. The van der Waals surface area contributed by atoms with Crippen LogP contribution in [0, 0.1) is 0 Å². The Balaban J connectivity index is 2.61. The van der Waals surface area contributed by atoms with Crippen molar-refractivity contribution in [1.82, 2.24) is 9.78 Å². The lowest BCUT2D eigenvalue weighted by Gasteiger charge is -2.10. The molecule has 0 bridgehead atoms. The minimum Gasteiger partial charge on any atom is -0.494 e. The van der Waals surface area contributed by atoms with Crippen molar-refractivity contribution >= 4 is 5.97 Å². The lowest BCUT2D eigenvalue weighted by molar-refractivity contribution is 0.0695. The molecule has 0 aliphatic rings. The number of nitrogens with zero attached hydrogens (tertiary/aromatic N) is 2. The lowest BCUT2D eigenvalue weighted by atomic mass is 10.2. The number of benzene rings is 1. The molecule has 0 fully saturated rings. The summed E-state index contributed by atoms with van der Waals surface area (Å²) in [7, 11) is 1.58. The highest BCUT2D eigenvalue weighted by Crippen LogP contribution is 2.24. The van der Waals surface area contributed by atoms with Crippen LogP contribution in [-0.4, -0.2) is 28.0 Å². The number of rotatable bonds is 4. The molecule has 1 aromatic carbocycles. The minimum absolute atomic E-state index is 0.225. The molecule has 0 aliphatic carbocycles. The van der Waals surface area contributed by atoms with Gasteiger partial charge in [-0.05, 0) is 18.6 Å². The van der Waals surface area contributed by atoms with Gasteiger partial charge in [-0.2, -0.15) is 5.10 Å². The van der Waals surface area contributed by atoms with E-state index in [0.717, 1.165) is 5.69 Å². The van der Waals surface area contributed by atoms with Gasteiger partial charge in [0, 0.05) is 0 Å². The van der Waals surface area contributed by atoms with E-state index in [-0.39, 0.29) is 5.56 Å². The zero-order valence-electron chi connectivity index (χ0n) is 10.3. The normalized spacial score (nSPS) is 10.3. The fourth-order valence-electron chi connectivity index (χ4n) is 1.90. The van der Waals surface area contributed by atoms with E-state index >= 15 is 0 Å². The Morgan fingerprint density at radius 2 is 2.17 bits per heavy atom. The molecular formula is C13H14N2O3. The number of hydrogen-bond acceptors (Lipinski definition) is 3. The summed E-state index contributed by atoms with van der Waals surface area (Å²) >= 11 is 0. The van der Waals surface area contributed by atoms with Crippen molar-refractivity contribution in [2.45, 2.75) is 13.3 Å². The van der Waals surface area contributed by atoms with E-state index < -0.39 is 5.97 Å². The maximum atomic E-state index is 11.1. The molecule has 18 heavy (non-hydrogen) atoms. The van der Waals surface area contributed by atoms with E-state index in [4.69, 9.17) is 9.84 Å². The Kier molecular flexibility index (Phi) is 3.32. The third kappa shape index (κ3) is 1.95. The minimum atomic E-state index is -0.965. The average molecular weight is 246 g/mol. The van der Waals surface area contributed by atoms with Crippen LogP contribution in [0.15, 0.2) is 30.5 Å². The SMILES string of the molecule is CCc1c(C(=O)O)cnn1-c1ccccc1OC. The first-order chi connectivity index (χ1) is 8.69. The number of hydrogen-bond donors (Lipinski definition) is 1. The molecule has 0 radical (unpaired) electrons. The number of para-hydroxylation sites is 2. The molecule has 1 N–H and O–H groups in total. The summed E-state index contributed by atoms with van der Waals surface area (Å²) in [5, 5.41) is 13.2. The van der Waals surface area contributed by atoms with E-state index in [1.54, 1.807) is 11.8 Å². The van der Waals surface area contributed by atoms with Crippen molar-refractivity contribution in [2.24, 2.45) is 0 Å². The first-order valence-electron chi connectivity index (χ1n) is 5.62. The van der Waals surface area contributed by atoms with Crippen molar-refractivity contribution in [3.63, 3.8) is 0 Å². The Morgan fingerprint density at radius 3 is 2.78 bits per heavy atom. The van der Waals surface area contributed by atoms with Crippen LogP contribution in [0.1, 0.15) is 23.0 Å². The standard InChI is InChI=1S/C13H14N2O3/c1-3-10-9(13(16)17)8-14-15(10)11-6-4-5-7-12(11)18-2/h4-8H,3H2,1-2H3,(H,16,17). The van der Waals surface area contributed by atoms with Gasteiger partial charge in [-0.1, -0.05) is 19.1 Å². The summed E-state index contributed by atoms with van der Waals surface area (Å²) in [5.74, 6) is -0.305. The van der Waals surface area contributed by atoms with Gasteiger partial charge in [-0.15, -0.1) is 0 Å². The van der Waals surface area contributed by atoms with Gasteiger partial charge in [-0.3, -0.25) is 0 Å². The summed E-state index contributed by atoms with van der Waals surface area (Å²) in [6, 6.07) is 7.38. The smallest absolute Gasteiger partial charge is 0.339 e. The molecule has 0 amide bonds. The molecule has 5 nitrogen and oxygen atoms in total. The predicted molar refractivity (Wildman–Crippen MR) is 66.5 cm³/mol. The molecule has 0 saturated carbocycles. The molecule has 2 rings (SSSR count). The van der Waals surface area contributed by atoms with Crippen LogP contribution in [-0.2, 0) is 6.42 Å². The van der Waals surface area contributed by atoms with Gasteiger partial charge in [0.05, 0.1) is 19.0 Å². The molecule has 2 aromatic rings. The largest absolute Gasteiger partial charge is 0.494 e. The second-order valence-corrected chi connectivity index (χ2v) is 3.75. The monoisotopic (exact) mass is 246 g/mol. The van der Waals surface area contributed by atoms with Crippen LogP contribution in [0.5, 0.6) is 5.75 Å². The molecule has 5 heteroatoms. The maximum Gasteiger partial charge on any atom is 0.339 e. The van der Waals surface area contributed by atoms with Crippen molar-refractivity contribution in [1.29, 1.82) is 0 Å². The quantitative estimate of drug-likeness (QED) is 0.897. The highest BCUT2D eigenvalue weighted by atomic mass is 16.5. The van der Waals surface area contributed by atoms with E-state index in [1.807, 2.05) is 31.2 Å².